The Kier molecular flexibility index (Phi) is 5.53. The van der Waals surface area contributed by atoms with Gasteiger partial charge in [-0.05, 0) is 36.6 Å². The molecule has 0 bridgehead atoms. The number of fused-ring (bicyclic) bond motifs is 1. The van der Waals surface area contributed by atoms with E-state index in [0.29, 0.717) is 23.3 Å². The lowest BCUT2D eigenvalue weighted by Crippen LogP contribution is -2.15. The minimum absolute atomic E-state index is 0.176. The van der Waals surface area contributed by atoms with Crippen molar-refractivity contribution in [2.45, 2.75) is 32.7 Å². The maximum Gasteiger partial charge on any atom is 0.274 e. The first kappa shape index (κ1) is 19.1. The van der Waals surface area contributed by atoms with E-state index in [-0.39, 0.29) is 5.56 Å². The Bertz CT molecular complexity index is 1190. The Morgan fingerprint density at radius 2 is 2.10 bits per heavy atom. The molecule has 4 rings (SSSR count). The second kappa shape index (κ2) is 8.40. The highest BCUT2D eigenvalue weighted by Crippen LogP contribution is 2.24. The Hall–Kier alpha value is -3.26. The highest BCUT2D eigenvalue weighted by Gasteiger charge is 2.10. The lowest BCUT2D eigenvalue weighted by atomic mass is 10.1. The average molecular weight is 410 g/mol. The third-order valence-electron chi connectivity index (χ3n) is 4.54. The predicted molar refractivity (Wildman–Crippen MR) is 112 cm³/mol. The molecule has 3 aromatic heterocycles. The van der Waals surface area contributed by atoms with Crippen molar-refractivity contribution in [3.63, 3.8) is 0 Å². The van der Waals surface area contributed by atoms with Gasteiger partial charge in [-0.2, -0.15) is 9.50 Å². The van der Waals surface area contributed by atoms with Gasteiger partial charge in [0.2, 0.25) is 5.95 Å². The van der Waals surface area contributed by atoms with Gasteiger partial charge in [0.05, 0.1) is 11.4 Å². The van der Waals surface area contributed by atoms with Crippen LogP contribution in [0.3, 0.4) is 0 Å². The monoisotopic (exact) mass is 409 g/mol. The van der Waals surface area contributed by atoms with E-state index in [1.54, 1.807) is 12.3 Å². The molecule has 8 nitrogen and oxygen atoms in total. The smallest absolute Gasteiger partial charge is 0.274 e. The minimum atomic E-state index is -0.176. The number of anilines is 1. The zero-order valence-corrected chi connectivity index (χ0v) is 16.6. The Balaban J connectivity index is 1.55. The SMILES string of the molecule is CCCCc1cc(=O)n2[nH]c(NCc3cc(-c4ccncn4)ccc3Cl)nc2n1. The summed E-state index contributed by atoms with van der Waals surface area (Å²) in [5, 5.41) is 6.74. The van der Waals surface area contributed by atoms with Crippen LogP contribution in [0.1, 0.15) is 31.0 Å². The van der Waals surface area contributed by atoms with Crippen molar-refractivity contribution >= 4 is 23.3 Å². The average Bonchev–Trinajstić information content (AvgIpc) is 3.16. The number of rotatable bonds is 7. The summed E-state index contributed by atoms with van der Waals surface area (Å²) in [6.07, 6.45) is 6.00. The van der Waals surface area contributed by atoms with Gasteiger partial charge < -0.3 is 5.32 Å². The summed E-state index contributed by atoms with van der Waals surface area (Å²) in [6, 6.07) is 9.10. The molecule has 9 heteroatoms. The van der Waals surface area contributed by atoms with Gasteiger partial charge in [-0.1, -0.05) is 31.0 Å². The first-order valence-electron chi connectivity index (χ1n) is 9.41. The summed E-state index contributed by atoms with van der Waals surface area (Å²) in [5.74, 6) is 0.803. The van der Waals surface area contributed by atoms with E-state index in [0.717, 1.165) is 41.8 Å². The Labute approximate surface area is 172 Å². The second-order valence-electron chi connectivity index (χ2n) is 6.65. The summed E-state index contributed by atoms with van der Waals surface area (Å²) in [7, 11) is 0. The molecular weight excluding hydrogens is 390 g/mol. The Morgan fingerprint density at radius 3 is 2.90 bits per heavy atom. The first-order valence-corrected chi connectivity index (χ1v) is 9.79. The fraction of sp³-hybridized carbons (Fsp3) is 0.250. The number of unbranched alkanes of at least 4 members (excludes halogenated alkanes) is 1. The standard InChI is InChI=1S/C20H20ClN7O/c1-2-3-4-15-10-18(29)28-20(25-15)26-19(27-28)23-11-14-9-13(5-6-16(14)21)17-7-8-22-12-24-17/h5-10,12H,2-4,11H2,1H3,(H2,23,25,26,27). The fourth-order valence-electron chi connectivity index (χ4n) is 3.00. The van der Waals surface area contributed by atoms with Gasteiger partial charge in [0.25, 0.3) is 11.3 Å². The molecule has 29 heavy (non-hydrogen) atoms. The van der Waals surface area contributed by atoms with Gasteiger partial charge in [-0.25, -0.2) is 15.0 Å². The normalized spacial score (nSPS) is 11.1. The molecule has 0 saturated heterocycles. The summed E-state index contributed by atoms with van der Waals surface area (Å²) in [6.45, 7) is 2.53. The molecular formula is C20H20ClN7O. The molecule has 0 aliphatic heterocycles. The number of benzene rings is 1. The van der Waals surface area contributed by atoms with Crippen LogP contribution in [0.25, 0.3) is 17.0 Å². The largest absolute Gasteiger partial charge is 0.350 e. The molecule has 0 saturated carbocycles. The molecule has 0 aliphatic rings. The van der Waals surface area contributed by atoms with Crippen molar-refractivity contribution in [1.82, 2.24) is 29.5 Å². The summed E-state index contributed by atoms with van der Waals surface area (Å²) in [5.41, 5.74) is 3.22. The van der Waals surface area contributed by atoms with Gasteiger partial charge >= 0.3 is 0 Å². The van der Waals surface area contributed by atoms with Crippen molar-refractivity contribution in [3.05, 3.63) is 69.5 Å². The number of halogens is 1. The maximum absolute atomic E-state index is 12.3. The minimum Gasteiger partial charge on any atom is -0.350 e. The van der Waals surface area contributed by atoms with Crippen LogP contribution in [-0.4, -0.2) is 29.5 Å². The zero-order chi connectivity index (χ0) is 20.2. The van der Waals surface area contributed by atoms with Crippen LogP contribution in [0.15, 0.2) is 47.7 Å². The number of aromatic nitrogens is 6. The summed E-state index contributed by atoms with van der Waals surface area (Å²) in [4.78, 5) is 29.4. The van der Waals surface area contributed by atoms with Crippen LogP contribution in [0.5, 0.6) is 0 Å². The van der Waals surface area contributed by atoms with Gasteiger partial charge in [-0.3, -0.25) is 9.89 Å². The second-order valence-corrected chi connectivity index (χ2v) is 7.06. The third kappa shape index (κ3) is 4.27. The number of aromatic amines is 1. The molecule has 0 spiro atoms. The number of nitrogens with zero attached hydrogens (tertiary/aromatic N) is 5. The molecule has 2 N–H and O–H groups in total. The molecule has 0 atom stereocenters. The van der Waals surface area contributed by atoms with Crippen LogP contribution in [0.2, 0.25) is 5.02 Å². The highest BCUT2D eigenvalue weighted by atomic mass is 35.5. The van der Waals surface area contributed by atoms with Gasteiger partial charge in [-0.15, -0.1) is 0 Å². The molecule has 3 heterocycles. The van der Waals surface area contributed by atoms with E-state index in [1.165, 1.54) is 10.8 Å². The van der Waals surface area contributed by atoms with Gasteiger partial charge in [0.1, 0.15) is 6.33 Å². The fourth-order valence-corrected chi connectivity index (χ4v) is 3.19. The van der Waals surface area contributed by atoms with Crippen LogP contribution in [-0.2, 0) is 13.0 Å². The molecule has 148 valence electrons. The molecule has 0 unspecified atom stereocenters. The van der Waals surface area contributed by atoms with E-state index < -0.39 is 0 Å². The lowest BCUT2D eigenvalue weighted by Gasteiger charge is -2.08. The summed E-state index contributed by atoms with van der Waals surface area (Å²) < 4.78 is 1.33. The van der Waals surface area contributed by atoms with E-state index in [9.17, 15) is 4.79 Å². The third-order valence-corrected chi connectivity index (χ3v) is 4.91. The number of nitrogens with one attached hydrogen (secondary N) is 2. The number of aryl methyl sites for hydroxylation is 1. The van der Waals surface area contributed by atoms with Crippen LogP contribution >= 0.6 is 11.6 Å². The van der Waals surface area contributed by atoms with Crippen LogP contribution in [0, 0.1) is 0 Å². The van der Waals surface area contributed by atoms with E-state index in [4.69, 9.17) is 11.6 Å². The van der Waals surface area contributed by atoms with Crippen LogP contribution < -0.4 is 10.9 Å². The summed E-state index contributed by atoms with van der Waals surface area (Å²) >= 11 is 6.35. The van der Waals surface area contributed by atoms with Gasteiger partial charge in [0, 0.05) is 29.4 Å². The number of hydrogen-bond acceptors (Lipinski definition) is 6. The zero-order valence-electron chi connectivity index (χ0n) is 15.9. The van der Waals surface area contributed by atoms with Crippen molar-refractivity contribution in [1.29, 1.82) is 0 Å². The Morgan fingerprint density at radius 1 is 1.21 bits per heavy atom. The molecule has 0 amide bonds. The van der Waals surface area contributed by atoms with Crippen molar-refractivity contribution in [2.75, 3.05) is 5.32 Å². The topological polar surface area (TPSA) is 101 Å². The molecule has 0 aliphatic carbocycles. The highest BCUT2D eigenvalue weighted by molar-refractivity contribution is 6.31. The van der Waals surface area contributed by atoms with Crippen molar-refractivity contribution < 1.29 is 0 Å². The van der Waals surface area contributed by atoms with Crippen molar-refractivity contribution in [3.8, 4) is 11.3 Å². The van der Waals surface area contributed by atoms with Crippen molar-refractivity contribution in [2.24, 2.45) is 0 Å². The maximum atomic E-state index is 12.3. The molecule has 4 aromatic rings. The van der Waals surface area contributed by atoms with Crippen LogP contribution in [0.4, 0.5) is 5.95 Å². The van der Waals surface area contributed by atoms with E-state index >= 15 is 0 Å². The predicted octanol–water partition coefficient (Wildman–Crippen LogP) is 3.48. The quantitative estimate of drug-likeness (QED) is 0.484. The molecule has 1 aromatic carbocycles. The number of hydrogen-bond donors (Lipinski definition) is 2. The number of H-pyrrole nitrogens is 1. The lowest BCUT2D eigenvalue weighted by molar-refractivity contribution is 0.766. The van der Waals surface area contributed by atoms with E-state index in [2.05, 4.69) is 37.3 Å². The molecule has 0 fully saturated rings. The van der Waals surface area contributed by atoms with E-state index in [1.807, 2.05) is 24.3 Å². The molecule has 0 radical (unpaired) electrons. The van der Waals surface area contributed by atoms with Gasteiger partial charge in [0.15, 0.2) is 0 Å². The first-order chi connectivity index (χ1) is 14.1.